The van der Waals surface area contributed by atoms with Crippen LogP contribution in [0.15, 0.2) is 35.9 Å². The van der Waals surface area contributed by atoms with E-state index in [1.165, 1.54) is 37.7 Å². The fourth-order valence-corrected chi connectivity index (χ4v) is 2.97. The molecule has 0 atom stereocenters. The van der Waals surface area contributed by atoms with Crippen molar-refractivity contribution in [1.82, 2.24) is 10.6 Å². The van der Waals surface area contributed by atoms with Gasteiger partial charge in [-0.25, -0.2) is 9.59 Å². The smallest absolute Gasteiger partial charge is 0.331 e. The van der Waals surface area contributed by atoms with E-state index in [9.17, 15) is 14.4 Å². The first-order valence-corrected chi connectivity index (χ1v) is 9.84. The third-order valence-electron chi connectivity index (χ3n) is 4.55. The number of rotatable bonds is 9. The molecule has 0 aliphatic heterocycles. The Kier molecular flexibility index (Phi) is 9.44. The van der Waals surface area contributed by atoms with Crippen LogP contribution in [0, 0.1) is 0 Å². The quantitative estimate of drug-likeness (QED) is 0.364. The molecular formula is C22H28N2O6. The fraction of sp³-hybridized carbons (Fsp3) is 0.409. The molecule has 8 heteroatoms. The molecule has 1 aromatic carbocycles. The van der Waals surface area contributed by atoms with Gasteiger partial charge in [-0.3, -0.25) is 10.1 Å². The Morgan fingerprint density at radius 2 is 1.97 bits per heavy atom. The SMILES string of the molecule is COc1ccc(/C=C/C(=O)OCC(=O)NC(=O)NCCC2=CCCCC2)c(OC)c1. The minimum Gasteiger partial charge on any atom is -0.497 e. The number of amides is 3. The summed E-state index contributed by atoms with van der Waals surface area (Å²) in [5.41, 5.74) is 1.98. The van der Waals surface area contributed by atoms with E-state index in [0.29, 0.717) is 23.6 Å². The van der Waals surface area contributed by atoms with Crippen molar-refractivity contribution in [2.45, 2.75) is 32.1 Å². The number of carbonyl (C=O) groups excluding carboxylic acids is 3. The Morgan fingerprint density at radius 1 is 1.13 bits per heavy atom. The van der Waals surface area contributed by atoms with E-state index in [0.717, 1.165) is 19.3 Å². The number of imide groups is 1. The summed E-state index contributed by atoms with van der Waals surface area (Å²) in [5, 5.41) is 4.76. The van der Waals surface area contributed by atoms with Crippen molar-refractivity contribution < 1.29 is 28.6 Å². The lowest BCUT2D eigenvalue weighted by atomic mass is 9.97. The van der Waals surface area contributed by atoms with E-state index in [1.807, 2.05) is 0 Å². The van der Waals surface area contributed by atoms with Gasteiger partial charge in [-0.2, -0.15) is 0 Å². The molecule has 162 valence electrons. The molecule has 0 heterocycles. The second-order valence-corrected chi connectivity index (χ2v) is 6.71. The van der Waals surface area contributed by atoms with Crippen LogP contribution >= 0.6 is 0 Å². The molecule has 0 bridgehead atoms. The van der Waals surface area contributed by atoms with Gasteiger partial charge in [0.05, 0.1) is 14.2 Å². The van der Waals surface area contributed by atoms with E-state index < -0.39 is 24.5 Å². The number of esters is 1. The summed E-state index contributed by atoms with van der Waals surface area (Å²) in [6.07, 6.45) is 10.2. The maximum atomic E-state index is 11.8. The molecular weight excluding hydrogens is 388 g/mol. The second kappa shape index (κ2) is 12.3. The van der Waals surface area contributed by atoms with Gasteiger partial charge in [-0.05, 0) is 50.3 Å². The van der Waals surface area contributed by atoms with Crippen molar-refractivity contribution in [3.8, 4) is 11.5 Å². The van der Waals surface area contributed by atoms with Crippen molar-refractivity contribution in [1.29, 1.82) is 0 Å². The molecule has 0 aromatic heterocycles. The van der Waals surface area contributed by atoms with E-state index in [-0.39, 0.29) is 0 Å². The van der Waals surface area contributed by atoms with Gasteiger partial charge in [0.25, 0.3) is 5.91 Å². The van der Waals surface area contributed by atoms with Crippen LogP contribution in [0.25, 0.3) is 6.08 Å². The van der Waals surface area contributed by atoms with Crippen LogP contribution in [0.2, 0.25) is 0 Å². The normalized spacial score (nSPS) is 13.3. The van der Waals surface area contributed by atoms with E-state index in [4.69, 9.17) is 14.2 Å². The van der Waals surface area contributed by atoms with Gasteiger partial charge in [-0.15, -0.1) is 0 Å². The van der Waals surface area contributed by atoms with Crippen LogP contribution in [0.1, 0.15) is 37.7 Å². The summed E-state index contributed by atoms with van der Waals surface area (Å²) in [6, 6.07) is 4.53. The fourth-order valence-electron chi connectivity index (χ4n) is 2.97. The predicted octanol–water partition coefficient (Wildman–Crippen LogP) is 2.98. The molecule has 0 saturated carbocycles. The molecule has 0 radical (unpaired) electrons. The van der Waals surface area contributed by atoms with Crippen LogP contribution in [-0.4, -0.2) is 45.3 Å². The van der Waals surface area contributed by atoms with Crippen molar-refractivity contribution in [2.75, 3.05) is 27.4 Å². The summed E-state index contributed by atoms with van der Waals surface area (Å²) in [5.74, 6) is -0.269. The topological polar surface area (TPSA) is 103 Å². The van der Waals surface area contributed by atoms with Crippen molar-refractivity contribution in [3.05, 3.63) is 41.5 Å². The van der Waals surface area contributed by atoms with E-state index >= 15 is 0 Å². The third kappa shape index (κ3) is 7.98. The average Bonchev–Trinajstić information content (AvgIpc) is 2.76. The molecule has 0 unspecified atom stereocenters. The molecule has 0 fully saturated rings. The molecule has 2 N–H and O–H groups in total. The van der Waals surface area contributed by atoms with Gasteiger partial charge in [0.15, 0.2) is 6.61 Å². The zero-order valence-electron chi connectivity index (χ0n) is 17.4. The van der Waals surface area contributed by atoms with Crippen LogP contribution < -0.4 is 20.1 Å². The Morgan fingerprint density at radius 3 is 2.67 bits per heavy atom. The largest absolute Gasteiger partial charge is 0.497 e. The lowest BCUT2D eigenvalue weighted by Crippen LogP contribution is -2.41. The number of carbonyl (C=O) groups is 3. The highest BCUT2D eigenvalue weighted by Crippen LogP contribution is 2.25. The van der Waals surface area contributed by atoms with Crippen molar-refractivity contribution in [2.24, 2.45) is 0 Å². The van der Waals surface area contributed by atoms with E-state index in [1.54, 1.807) is 25.3 Å². The summed E-state index contributed by atoms with van der Waals surface area (Å²) in [4.78, 5) is 35.3. The Labute approximate surface area is 176 Å². The van der Waals surface area contributed by atoms with Gasteiger partial charge in [0, 0.05) is 24.3 Å². The zero-order chi connectivity index (χ0) is 21.8. The van der Waals surface area contributed by atoms with Crippen LogP contribution in [-0.2, 0) is 14.3 Å². The van der Waals surface area contributed by atoms with Gasteiger partial charge >= 0.3 is 12.0 Å². The molecule has 8 nitrogen and oxygen atoms in total. The number of ether oxygens (including phenoxy) is 3. The molecule has 30 heavy (non-hydrogen) atoms. The highest BCUT2D eigenvalue weighted by atomic mass is 16.5. The minimum atomic E-state index is -0.715. The average molecular weight is 416 g/mol. The van der Waals surface area contributed by atoms with Gasteiger partial charge in [-0.1, -0.05) is 11.6 Å². The monoisotopic (exact) mass is 416 g/mol. The summed E-state index contributed by atoms with van der Waals surface area (Å²) < 4.78 is 15.2. The Hall–Kier alpha value is -3.29. The maximum Gasteiger partial charge on any atom is 0.331 e. The van der Waals surface area contributed by atoms with Crippen molar-refractivity contribution >= 4 is 24.0 Å². The number of hydrogen-bond acceptors (Lipinski definition) is 6. The number of allylic oxidation sites excluding steroid dienone is 1. The molecule has 1 aliphatic carbocycles. The lowest BCUT2D eigenvalue weighted by Gasteiger charge is -2.13. The maximum absolute atomic E-state index is 11.8. The first-order valence-electron chi connectivity index (χ1n) is 9.84. The van der Waals surface area contributed by atoms with Gasteiger partial charge in [0.1, 0.15) is 11.5 Å². The van der Waals surface area contributed by atoms with Gasteiger partial charge in [0.2, 0.25) is 0 Å². The Balaban J connectivity index is 1.69. The third-order valence-corrected chi connectivity index (χ3v) is 4.55. The van der Waals surface area contributed by atoms with E-state index in [2.05, 4.69) is 16.7 Å². The second-order valence-electron chi connectivity index (χ2n) is 6.71. The van der Waals surface area contributed by atoms with Crippen molar-refractivity contribution in [3.63, 3.8) is 0 Å². The first kappa shape index (κ1) is 23.0. The Bertz CT molecular complexity index is 816. The molecule has 1 aliphatic rings. The molecule has 3 amide bonds. The number of urea groups is 1. The van der Waals surface area contributed by atoms with Gasteiger partial charge < -0.3 is 19.5 Å². The van der Waals surface area contributed by atoms with Crippen LogP contribution in [0.3, 0.4) is 0 Å². The van der Waals surface area contributed by atoms with Crippen LogP contribution in [0.5, 0.6) is 11.5 Å². The molecule has 1 aromatic rings. The lowest BCUT2D eigenvalue weighted by molar-refractivity contribution is -0.143. The molecule has 2 rings (SSSR count). The molecule has 0 saturated heterocycles. The summed E-state index contributed by atoms with van der Waals surface area (Å²) >= 11 is 0. The van der Waals surface area contributed by atoms with Crippen LogP contribution in [0.4, 0.5) is 4.79 Å². The standard InChI is InChI=1S/C22H28N2O6/c1-28-18-10-8-17(19(14-18)29-2)9-11-21(26)30-15-20(25)24-22(27)23-13-12-16-6-4-3-5-7-16/h6,8-11,14H,3-5,7,12-13,15H2,1-2H3,(H2,23,24,25,27)/b11-9+. The minimum absolute atomic E-state index is 0.456. The number of benzene rings is 1. The zero-order valence-corrected chi connectivity index (χ0v) is 17.4. The predicted molar refractivity (Wildman–Crippen MR) is 112 cm³/mol. The number of nitrogens with one attached hydrogen (secondary N) is 2. The molecule has 0 spiro atoms. The highest BCUT2D eigenvalue weighted by Gasteiger charge is 2.10. The summed E-state index contributed by atoms with van der Waals surface area (Å²) in [6.45, 7) is -0.0986. The summed E-state index contributed by atoms with van der Waals surface area (Å²) in [7, 11) is 3.05. The highest BCUT2D eigenvalue weighted by molar-refractivity contribution is 5.96. The number of hydrogen-bond donors (Lipinski definition) is 2. The number of methoxy groups -OCH3 is 2. The first-order chi connectivity index (χ1) is 14.5.